The van der Waals surface area contributed by atoms with Gasteiger partial charge in [0.1, 0.15) is 22.0 Å². The smallest absolute Gasteiger partial charge is 0.235 e. The van der Waals surface area contributed by atoms with Crippen molar-refractivity contribution in [2.75, 3.05) is 11.1 Å². The largest absolute Gasteiger partial charge is 0.310 e. The Bertz CT molecular complexity index is 1300. The fourth-order valence-electron chi connectivity index (χ4n) is 4.09. The van der Waals surface area contributed by atoms with Crippen molar-refractivity contribution in [3.63, 3.8) is 0 Å². The van der Waals surface area contributed by atoms with Crippen LogP contribution in [0.5, 0.6) is 0 Å². The Balaban J connectivity index is 1.37. The number of hydrogen-bond donors (Lipinski definition) is 1. The van der Waals surface area contributed by atoms with Crippen molar-refractivity contribution in [2.45, 2.75) is 56.9 Å². The number of hydrogen-bond acceptors (Lipinski definition) is 6. The second-order valence-corrected chi connectivity index (χ2v) is 11.4. The molecule has 0 bridgehead atoms. The first kappa shape index (κ1) is 22.1. The minimum atomic E-state index is -0.126. The Labute approximate surface area is 201 Å². The molecular formula is C25H27N5OS2. The Morgan fingerprint density at radius 2 is 1.94 bits per heavy atom. The summed E-state index contributed by atoms with van der Waals surface area (Å²) in [6, 6.07) is 11.8. The van der Waals surface area contributed by atoms with E-state index in [1.165, 1.54) is 35.0 Å². The van der Waals surface area contributed by atoms with E-state index >= 15 is 0 Å². The molecule has 0 saturated heterocycles. The third-order valence-electron chi connectivity index (χ3n) is 5.80. The number of anilines is 1. The van der Waals surface area contributed by atoms with Gasteiger partial charge in [0.15, 0.2) is 0 Å². The average molecular weight is 478 g/mol. The number of nitrogens with zero attached hydrogens (tertiary/aromatic N) is 4. The predicted molar refractivity (Wildman–Crippen MR) is 136 cm³/mol. The van der Waals surface area contributed by atoms with Gasteiger partial charge < -0.3 is 5.32 Å². The molecule has 3 heterocycles. The van der Waals surface area contributed by atoms with Crippen LogP contribution in [0.4, 0.5) is 5.82 Å². The fourth-order valence-corrected chi connectivity index (χ4v) is 6.21. The molecule has 1 aliphatic carbocycles. The zero-order valence-electron chi connectivity index (χ0n) is 19.1. The highest BCUT2D eigenvalue weighted by Gasteiger charge is 2.23. The van der Waals surface area contributed by atoms with E-state index in [9.17, 15) is 4.79 Å². The molecule has 0 atom stereocenters. The Morgan fingerprint density at radius 1 is 1.15 bits per heavy atom. The van der Waals surface area contributed by atoms with E-state index in [-0.39, 0.29) is 17.1 Å². The van der Waals surface area contributed by atoms with Crippen LogP contribution in [0.25, 0.3) is 15.9 Å². The van der Waals surface area contributed by atoms with Crippen LogP contribution in [0.2, 0.25) is 0 Å². The van der Waals surface area contributed by atoms with Crippen LogP contribution in [0, 0.1) is 0 Å². The monoisotopic (exact) mass is 477 g/mol. The summed E-state index contributed by atoms with van der Waals surface area (Å²) in [5.41, 5.74) is 3.11. The molecule has 3 aromatic heterocycles. The molecule has 0 spiro atoms. The first-order valence-corrected chi connectivity index (χ1v) is 13.0. The van der Waals surface area contributed by atoms with Gasteiger partial charge in [0.2, 0.25) is 5.91 Å². The maximum atomic E-state index is 13.0. The fraction of sp³-hybridized carbons (Fsp3) is 0.360. The van der Waals surface area contributed by atoms with E-state index in [1.807, 2.05) is 36.4 Å². The van der Waals surface area contributed by atoms with Gasteiger partial charge in [0.05, 0.1) is 17.1 Å². The molecule has 1 aromatic carbocycles. The number of thiophene rings is 1. The van der Waals surface area contributed by atoms with Crippen molar-refractivity contribution in [1.82, 2.24) is 19.7 Å². The maximum Gasteiger partial charge on any atom is 0.235 e. The summed E-state index contributed by atoms with van der Waals surface area (Å²) in [4.78, 5) is 24.5. The summed E-state index contributed by atoms with van der Waals surface area (Å²) in [5, 5.41) is 9.91. The van der Waals surface area contributed by atoms with Gasteiger partial charge in [-0.15, -0.1) is 11.3 Å². The minimum Gasteiger partial charge on any atom is -0.310 e. The molecule has 8 heteroatoms. The summed E-state index contributed by atoms with van der Waals surface area (Å²) < 4.78 is 1.81. The van der Waals surface area contributed by atoms with Crippen LogP contribution in [0.3, 0.4) is 0 Å². The maximum absolute atomic E-state index is 13.0. The average Bonchev–Trinajstić information content (AvgIpc) is 3.40. The summed E-state index contributed by atoms with van der Waals surface area (Å²) in [6.45, 7) is 6.36. The van der Waals surface area contributed by atoms with Crippen LogP contribution < -0.4 is 5.32 Å². The molecule has 0 fully saturated rings. The topological polar surface area (TPSA) is 72.7 Å². The van der Waals surface area contributed by atoms with Crippen molar-refractivity contribution in [2.24, 2.45) is 0 Å². The quantitative estimate of drug-likeness (QED) is 0.291. The summed E-state index contributed by atoms with van der Waals surface area (Å²) in [7, 11) is 0. The van der Waals surface area contributed by atoms with Gasteiger partial charge in [-0.05, 0) is 43.4 Å². The van der Waals surface area contributed by atoms with E-state index < -0.39 is 0 Å². The van der Waals surface area contributed by atoms with E-state index in [4.69, 9.17) is 5.10 Å². The molecular weight excluding hydrogens is 450 g/mol. The molecule has 33 heavy (non-hydrogen) atoms. The first-order valence-electron chi connectivity index (χ1n) is 11.2. The van der Waals surface area contributed by atoms with Gasteiger partial charge in [-0.2, -0.15) is 5.10 Å². The van der Waals surface area contributed by atoms with Gasteiger partial charge in [0.25, 0.3) is 0 Å². The molecule has 1 amide bonds. The van der Waals surface area contributed by atoms with Gasteiger partial charge in [0, 0.05) is 21.7 Å². The van der Waals surface area contributed by atoms with Crippen LogP contribution in [0.15, 0.2) is 47.8 Å². The number of benzene rings is 1. The number of amides is 1. The molecule has 1 aliphatic rings. The molecule has 1 N–H and O–H groups in total. The van der Waals surface area contributed by atoms with Crippen molar-refractivity contribution < 1.29 is 4.79 Å². The number of rotatable bonds is 5. The lowest BCUT2D eigenvalue weighted by Crippen LogP contribution is -2.17. The van der Waals surface area contributed by atoms with Crippen molar-refractivity contribution >= 4 is 45.0 Å². The number of aromatic nitrogens is 4. The predicted octanol–water partition coefficient (Wildman–Crippen LogP) is 5.78. The van der Waals surface area contributed by atoms with E-state index in [0.29, 0.717) is 5.82 Å². The lowest BCUT2D eigenvalue weighted by molar-refractivity contribution is -0.113. The van der Waals surface area contributed by atoms with Crippen molar-refractivity contribution in [1.29, 1.82) is 0 Å². The molecule has 4 aromatic rings. The molecule has 5 rings (SSSR count). The second-order valence-electron chi connectivity index (χ2n) is 9.32. The van der Waals surface area contributed by atoms with Gasteiger partial charge in [-0.1, -0.05) is 50.7 Å². The second kappa shape index (κ2) is 8.91. The molecule has 6 nitrogen and oxygen atoms in total. The SMILES string of the molecule is CC(C)(C)c1cc(NC(=O)CSc2ncnc3sc4c(c23)CCCC4)n(-c2ccccc2)n1. The van der Waals surface area contributed by atoms with E-state index in [0.717, 1.165) is 39.5 Å². The number of carbonyl (C=O) groups excluding carboxylic acids is 1. The number of aryl methyl sites for hydroxylation is 2. The van der Waals surface area contributed by atoms with Crippen LogP contribution in [0.1, 0.15) is 49.7 Å². The summed E-state index contributed by atoms with van der Waals surface area (Å²) in [6.07, 6.45) is 6.27. The van der Waals surface area contributed by atoms with Crippen LogP contribution in [-0.2, 0) is 23.1 Å². The van der Waals surface area contributed by atoms with E-state index in [1.54, 1.807) is 22.3 Å². The summed E-state index contributed by atoms with van der Waals surface area (Å²) >= 11 is 3.26. The summed E-state index contributed by atoms with van der Waals surface area (Å²) in [5.74, 6) is 0.882. The molecule has 0 aliphatic heterocycles. The highest BCUT2D eigenvalue weighted by molar-refractivity contribution is 8.00. The lowest BCUT2D eigenvalue weighted by Gasteiger charge is -2.14. The number of para-hydroxylation sites is 1. The van der Waals surface area contributed by atoms with Gasteiger partial charge >= 0.3 is 0 Å². The molecule has 0 unspecified atom stereocenters. The normalized spacial score (nSPS) is 13.8. The molecule has 0 saturated carbocycles. The number of nitrogens with one attached hydrogen (secondary N) is 1. The number of fused-ring (bicyclic) bond motifs is 3. The lowest BCUT2D eigenvalue weighted by atomic mass is 9.92. The Kier molecular flexibility index (Phi) is 5.97. The van der Waals surface area contributed by atoms with E-state index in [2.05, 4.69) is 36.1 Å². The van der Waals surface area contributed by atoms with Gasteiger partial charge in [-0.3, -0.25) is 4.79 Å². The Hall–Kier alpha value is -2.71. The van der Waals surface area contributed by atoms with Crippen LogP contribution in [-0.4, -0.2) is 31.4 Å². The third-order valence-corrected chi connectivity index (χ3v) is 7.99. The molecule has 0 radical (unpaired) electrons. The highest BCUT2D eigenvalue weighted by atomic mass is 32.2. The van der Waals surface area contributed by atoms with Crippen LogP contribution >= 0.6 is 23.1 Å². The highest BCUT2D eigenvalue weighted by Crippen LogP contribution is 2.39. The van der Waals surface area contributed by atoms with Crippen molar-refractivity contribution in [3.05, 3.63) is 58.9 Å². The van der Waals surface area contributed by atoms with Crippen molar-refractivity contribution in [3.8, 4) is 5.69 Å². The zero-order chi connectivity index (χ0) is 23.0. The molecule has 170 valence electrons. The number of carbonyl (C=O) groups is 1. The third kappa shape index (κ3) is 4.54. The zero-order valence-corrected chi connectivity index (χ0v) is 20.7. The standard InChI is InChI=1S/C25H27N5OS2/c1-25(2,3)19-13-20(30(29-19)16-9-5-4-6-10-16)28-21(31)14-32-23-22-17-11-7-8-12-18(17)33-24(22)27-15-26-23/h4-6,9-10,13,15H,7-8,11-12,14H2,1-3H3,(H,28,31). The number of thioether (sulfide) groups is 1. The Morgan fingerprint density at radius 3 is 2.73 bits per heavy atom. The first-order chi connectivity index (χ1) is 15.9. The van der Waals surface area contributed by atoms with Gasteiger partial charge in [-0.25, -0.2) is 14.6 Å². The minimum absolute atomic E-state index is 0.0756.